The third-order valence-electron chi connectivity index (χ3n) is 4.37. The number of rotatable bonds is 3. The fourth-order valence-electron chi connectivity index (χ4n) is 3.22. The first-order valence-electron chi connectivity index (χ1n) is 7.92. The normalized spacial score (nSPS) is 16.8. The highest BCUT2D eigenvalue weighted by Crippen LogP contribution is 2.31. The van der Waals surface area contributed by atoms with Gasteiger partial charge in [0.1, 0.15) is 0 Å². The topological polar surface area (TPSA) is 29.3 Å². The van der Waals surface area contributed by atoms with E-state index in [1.165, 1.54) is 41.6 Å². The standard InChI is InChI=1S/C19H24N2/c1-15-8-7-9-16(14-15)19(20)17-10-3-4-11-18(17)21-12-5-2-6-13-21/h3-4,7-11,14,19H,2,5-6,12-13,20H2,1H3. The highest BCUT2D eigenvalue weighted by molar-refractivity contribution is 5.57. The lowest BCUT2D eigenvalue weighted by Gasteiger charge is -2.32. The lowest BCUT2D eigenvalue weighted by molar-refractivity contribution is 0.575. The van der Waals surface area contributed by atoms with Crippen LogP contribution in [-0.2, 0) is 0 Å². The maximum atomic E-state index is 6.57. The summed E-state index contributed by atoms with van der Waals surface area (Å²) in [6.07, 6.45) is 3.92. The predicted octanol–water partition coefficient (Wildman–Crippen LogP) is 4.03. The molecule has 1 atom stereocenters. The Morgan fingerprint density at radius 1 is 0.952 bits per heavy atom. The molecule has 2 N–H and O–H groups in total. The third-order valence-corrected chi connectivity index (χ3v) is 4.37. The second-order valence-corrected chi connectivity index (χ2v) is 6.00. The number of nitrogens with two attached hydrogens (primary N) is 1. The molecule has 0 saturated carbocycles. The summed E-state index contributed by atoms with van der Waals surface area (Å²) in [5, 5.41) is 0. The largest absolute Gasteiger partial charge is 0.371 e. The van der Waals surface area contributed by atoms with E-state index in [1.54, 1.807) is 0 Å². The molecule has 3 rings (SSSR count). The van der Waals surface area contributed by atoms with Crippen molar-refractivity contribution < 1.29 is 0 Å². The van der Waals surface area contributed by atoms with Crippen molar-refractivity contribution in [1.29, 1.82) is 0 Å². The molecule has 0 bridgehead atoms. The summed E-state index contributed by atoms with van der Waals surface area (Å²) in [4.78, 5) is 2.49. The first kappa shape index (κ1) is 14.2. The molecule has 1 fully saturated rings. The molecule has 1 aliphatic rings. The second-order valence-electron chi connectivity index (χ2n) is 6.00. The van der Waals surface area contributed by atoms with E-state index in [2.05, 4.69) is 60.4 Å². The van der Waals surface area contributed by atoms with E-state index in [9.17, 15) is 0 Å². The fourth-order valence-corrected chi connectivity index (χ4v) is 3.22. The maximum Gasteiger partial charge on any atom is 0.0572 e. The highest BCUT2D eigenvalue weighted by atomic mass is 15.1. The van der Waals surface area contributed by atoms with Gasteiger partial charge in [0.15, 0.2) is 0 Å². The van der Waals surface area contributed by atoms with Gasteiger partial charge in [-0.15, -0.1) is 0 Å². The average Bonchev–Trinajstić information content (AvgIpc) is 2.55. The van der Waals surface area contributed by atoms with Crippen molar-refractivity contribution in [1.82, 2.24) is 0 Å². The Morgan fingerprint density at radius 2 is 1.71 bits per heavy atom. The van der Waals surface area contributed by atoms with Crippen LogP contribution in [0.4, 0.5) is 5.69 Å². The minimum atomic E-state index is -0.0528. The number of benzene rings is 2. The van der Waals surface area contributed by atoms with Crippen molar-refractivity contribution in [3.8, 4) is 0 Å². The van der Waals surface area contributed by atoms with Crippen LogP contribution in [0, 0.1) is 6.92 Å². The Bertz CT molecular complexity index is 600. The molecular formula is C19H24N2. The van der Waals surface area contributed by atoms with Gasteiger partial charge < -0.3 is 10.6 Å². The maximum absolute atomic E-state index is 6.57. The quantitative estimate of drug-likeness (QED) is 0.919. The van der Waals surface area contributed by atoms with Crippen molar-refractivity contribution in [2.24, 2.45) is 5.73 Å². The van der Waals surface area contributed by atoms with Gasteiger partial charge in [-0.3, -0.25) is 0 Å². The van der Waals surface area contributed by atoms with Gasteiger partial charge in [0.05, 0.1) is 6.04 Å². The highest BCUT2D eigenvalue weighted by Gasteiger charge is 2.18. The Hall–Kier alpha value is -1.80. The molecule has 0 aliphatic carbocycles. The predicted molar refractivity (Wildman–Crippen MR) is 89.7 cm³/mol. The molecule has 1 saturated heterocycles. The smallest absolute Gasteiger partial charge is 0.0572 e. The first-order chi connectivity index (χ1) is 10.3. The molecule has 2 aromatic carbocycles. The summed E-state index contributed by atoms with van der Waals surface area (Å²) in [6.45, 7) is 4.42. The van der Waals surface area contributed by atoms with Gasteiger partial charge in [0.25, 0.3) is 0 Å². The molecule has 110 valence electrons. The number of piperidine rings is 1. The molecule has 1 heterocycles. The fraction of sp³-hybridized carbons (Fsp3) is 0.368. The van der Waals surface area contributed by atoms with Crippen molar-refractivity contribution in [3.05, 3.63) is 65.2 Å². The van der Waals surface area contributed by atoms with E-state index in [-0.39, 0.29) is 6.04 Å². The van der Waals surface area contributed by atoms with Crippen LogP contribution in [0.15, 0.2) is 48.5 Å². The molecule has 0 aromatic heterocycles. The Kier molecular flexibility index (Phi) is 4.26. The van der Waals surface area contributed by atoms with Crippen molar-refractivity contribution in [3.63, 3.8) is 0 Å². The summed E-state index contributed by atoms with van der Waals surface area (Å²) >= 11 is 0. The van der Waals surface area contributed by atoms with Crippen LogP contribution in [0.2, 0.25) is 0 Å². The molecule has 2 aromatic rings. The van der Waals surface area contributed by atoms with Crippen LogP contribution < -0.4 is 10.6 Å². The van der Waals surface area contributed by atoms with Gasteiger partial charge in [-0.2, -0.15) is 0 Å². The Morgan fingerprint density at radius 3 is 2.48 bits per heavy atom. The zero-order chi connectivity index (χ0) is 14.7. The van der Waals surface area contributed by atoms with Crippen LogP contribution >= 0.6 is 0 Å². The van der Waals surface area contributed by atoms with E-state index in [1.807, 2.05) is 0 Å². The molecular weight excluding hydrogens is 256 g/mol. The third kappa shape index (κ3) is 3.11. The monoisotopic (exact) mass is 280 g/mol. The molecule has 0 spiro atoms. The number of nitrogens with zero attached hydrogens (tertiary/aromatic N) is 1. The lowest BCUT2D eigenvalue weighted by Crippen LogP contribution is -2.31. The molecule has 1 unspecified atom stereocenters. The summed E-state index contributed by atoms with van der Waals surface area (Å²) in [6, 6.07) is 17.1. The number of hydrogen-bond acceptors (Lipinski definition) is 2. The minimum absolute atomic E-state index is 0.0528. The van der Waals surface area contributed by atoms with E-state index in [4.69, 9.17) is 5.73 Å². The van der Waals surface area contributed by atoms with Gasteiger partial charge >= 0.3 is 0 Å². The lowest BCUT2D eigenvalue weighted by atomic mass is 9.95. The van der Waals surface area contributed by atoms with Gasteiger partial charge in [0, 0.05) is 18.8 Å². The van der Waals surface area contributed by atoms with Crippen LogP contribution in [0.25, 0.3) is 0 Å². The Labute approximate surface area is 127 Å². The molecule has 1 aliphatic heterocycles. The van der Waals surface area contributed by atoms with Crippen LogP contribution in [0.3, 0.4) is 0 Å². The number of hydrogen-bond donors (Lipinski definition) is 1. The Balaban J connectivity index is 1.94. The summed E-state index contributed by atoms with van der Waals surface area (Å²) in [5.74, 6) is 0. The zero-order valence-corrected chi connectivity index (χ0v) is 12.8. The van der Waals surface area contributed by atoms with Crippen molar-refractivity contribution in [2.45, 2.75) is 32.2 Å². The first-order valence-corrected chi connectivity index (χ1v) is 7.92. The van der Waals surface area contributed by atoms with Crippen molar-refractivity contribution in [2.75, 3.05) is 18.0 Å². The number of para-hydroxylation sites is 1. The summed E-state index contributed by atoms with van der Waals surface area (Å²) in [5.41, 5.74) is 11.6. The van der Waals surface area contributed by atoms with E-state index in [0.717, 1.165) is 13.1 Å². The van der Waals surface area contributed by atoms with Crippen LogP contribution in [0.1, 0.15) is 42.0 Å². The summed E-state index contributed by atoms with van der Waals surface area (Å²) < 4.78 is 0. The molecule has 0 radical (unpaired) electrons. The van der Waals surface area contributed by atoms with Crippen LogP contribution in [0.5, 0.6) is 0 Å². The van der Waals surface area contributed by atoms with E-state index < -0.39 is 0 Å². The summed E-state index contributed by atoms with van der Waals surface area (Å²) in [7, 11) is 0. The molecule has 2 heteroatoms. The van der Waals surface area contributed by atoms with E-state index >= 15 is 0 Å². The van der Waals surface area contributed by atoms with Crippen LogP contribution in [-0.4, -0.2) is 13.1 Å². The number of aryl methyl sites for hydroxylation is 1. The molecule has 0 amide bonds. The second kappa shape index (κ2) is 6.31. The average molecular weight is 280 g/mol. The SMILES string of the molecule is Cc1cccc(C(N)c2ccccc2N2CCCCC2)c1. The van der Waals surface area contributed by atoms with Gasteiger partial charge in [0.2, 0.25) is 0 Å². The van der Waals surface area contributed by atoms with Crippen molar-refractivity contribution >= 4 is 5.69 Å². The molecule has 21 heavy (non-hydrogen) atoms. The van der Waals surface area contributed by atoms with Gasteiger partial charge in [-0.1, -0.05) is 48.0 Å². The molecule has 2 nitrogen and oxygen atoms in total. The van der Waals surface area contributed by atoms with Gasteiger partial charge in [-0.25, -0.2) is 0 Å². The van der Waals surface area contributed by atoms with E-state index in [0.29, 0.717) is 0 Å². The number of anilines is 1. The van der Waals surface area contributed by atoms with Gasteiger partial charge in [-0.05, 0) is 43.4 Å². The minimum Gasteiger partial charge on any atom is -0.371 e. The zero-order valence-electron chi connectivity index (χ0n) is 12.8.